The van der Waals surface area contributed by atoms with Crippen LogP contribution in [-0.4, -0.2) is 21.1 Å². The maximum Gasteiger partial charge on any atom is 0.275 e. The number of amides is 1. The number of thiophene rings is 1. The van der Waals surface area contributed by atoms with Crippen molar-refractivity contribution in [1.82, 2.24) is 15.2 Å². The Balaban J connectivity index is 1.62. The molecule has 1 amide bonds. The van der Waals surface area contributed by atoms with Gasteiger partial charge in [0.05, 0.1) is 17.2 Å². The summed E-state index contributed by atoms with van der Waals surface area (Å²) in [6.45, 7) is 0. The van der Waals surface area contributed by atoms with Crippen molar-refractivity contribution >= 4 is 55.3 Å². The van der Waals surface area contributed by atoms with Gasteiger partial charge < -0.3 is 5.32 Å². The molecule has 26 heavy (non-hydrogen) atoms. The van der Waals surface area contributed by atoms with Crippen LogP contribution in [0.4, 0.5) is 5.69 Å². The minimum Gasteiger partial charge on any atom is -0.321 e. The van der Waals surface area contributed by atoms with Crippen LogP contribution in [0.5, 0.6) is 0 Å². The molecule has 5 rings (SSSR count). The third kappa shape index (κ3) is 2.58. The Bertz CT molecular complexity index is 1200. The number of fused-ring (bicyclic) bond motifs is 2. The molecule has 3 heterocycles. The van der Waals surface area contributed by atoms with Crippen molar-refractivity contribution < 1.29 is 4.79 Å². The Morgan fingerprint density at radius 2 is 2.04 bits per heavy atom. The summed E-state index contributed by atoms with van der Waals surface area (Å²) in [5.74, 6) is -0.212. The fraction of sp³-hybridized carbons (Fsp3) is 0. The first-order valence-corrected chi connectivity index (χ1v) is 9.69. The molecule has 3 aromatic heterocycles. The fourth-order valence-corrected chi connectivity index (χ4v) is 4.58. The lowest BCUT2D eigenvalue weighted by molar-refractivity contribution is 0.102. The van der Waals surface area contributed by atoms with Crippen LogP contribution >= 0.6 is 22.7 Å². The first-order valence-electron chi connectivity index (χ1n) is 7.93. The maximum atomic E-state index is 12.4. The van der Waals surface area contributed by atoms with Crippen molar-refractivity contribution in [3.05, 3.63) is 65.2 Å². The van der Waals surface area contributed by atoms with Gasteiger partial charge in [0.1, 0.15) is 5.69 Å². The summed E-state index contributed by atoms with van der Waals surface area (Å²) in [5, 5.41) is 14.1. The van der Waals surface area contributed by atoms with Gasteiger partial charge in [-0.15, -0.1) is 22.7 Å². The van der Waals surface area contributed by atoms with E-state index in [0.29, 0.717) is 5.69 Å². The molecule has 5 nitrogen and oxygen atoms in total. The molecule has 0 atom stereocenters. The zero-order valence-electron chi connectivity index (χ0n) is 13.4. The molecule has 2 aromatic carbocycles. The molecule has 0 bridgehead atoms. The number of carbonyl (C=O) groups is 1. The van der Waals surface area contributed by atoms with E-state index in [0.717, 1.165) is 27.0 Å². The molecule has 0 saturated heterocycles. The zero-order chi connectivity index (χ0) is 17.5. The number of anilines is 1. The molecule has 0 aliphatic carbocycles. The highest BCUT2D eigenvalue weighted by Gasteiger charge is 2.14. The number of benzene rings is 2. The van der Waals surface area contributed by atoms with Crippen LogP contribution in [0.25, 0.3) is 31.4 Å². The quantitative estimate of drug-likeness (QED) is 0.457. The van der Waals surface area contributed by atoms with Gasteiger partial charge >= 0.3 is 0 Å². The van der Waals surface area contributed by atoms with Crippen molar-refractivity contribution in [2.75, 3.05) is 5.32 Å². The number of nitrogens with one attached hydrogen (secondary N) is 2. The summed E-state index contributed by atoms with van der Waals surface area (Å²) < 4.78 is 1.23. The highest BCUT2D eigenvalue weighted by atomic mass is 32.1. The van der Waals surface area contributed by atoms with Crippen molar-refractivity contribution in [2.45, 2.75) is 0 Å². The average Bonchev–Trinajstić information content (AvgIpc) is 3.39. The van der Waals surface area contributed by atoms with Crippen LogP contribution in [0.3, 0.4) is 0 Å². The smallest absolute Gasteiger partial charge is 0.275 e. The van der Waals surface area contributed by atoms with Crippen molar-refractivity contribution in [3.63, 3.8) is 0 Å². The predicted octanol–water partition coefficient (Wildman–Crippen LogP) is 5.15. The van der Waals surface area contributed by atoms with E-state index in [-0.39, 0.29) is 5.91 Å². The lowest BCUT2D eigenvalue weighted by atomic mass is 10.1. The minimum absolute atomic E-state index is 0.212. The summed E-state index contributed by atoms with van der Waals surface area (Å²) in [6.07, 6.45) is 1.77. The van der Waals surface area contributed by atoms with Crippen LogP contribution in [0.1, 0.15) is 10.5 Å². The molecule has 0 unspecified atom stereocenters. The first-order chi connectivity index (χ1) is 12.8. The van der Waals surface area contributed by atoms with E-state index in [2.05, 4.69) is 38.7 Å². The van der Waals surface area contributed by atoms with Crippen LogP contribution in [0, 0.1) is 0 Å². The minimum atomic E-state index is -0.212. The zero-order valence-corrected chi connectivity index (χ0v) is 15.0. The molecule has 7 heteroatoms. The van der Waals surface area contributed by atoms with E-state index in [4.69, 9.17) is 0 Å². The molecule has 126 valence electrons. The van der Waals surface area contributed by atoms with Gasteiger partial charge in [-0.2, -0.15) is 5.10 Å². The molecular formula is C19H12N4OS2. The lowest BCUT2D eigenvalue weighted by Crippen LogP contribution is -2.12. The molecule has 0 fully saturated rings. The average molecular weight is 376 g/mol. The summed E-state index contributed by atoms with van der Waals surface area (Å²) >= 11 is 3.12. The number of H-pyrrole nitrogens is 1. The maximum absolute atomic E-state index is 12.4. The molecular weight excluding hydrogens is 364 g/mol. The normalized spacial score (nSPS) is 11.2. The van der Waals surface area contributed by atoms with E-state index in [9.17, 15) is 4.79 Å². The summed E-state index contributed by atoms with van der Waals surface area (Å²) in [4.78, 5) is 17.5. The van der Waals surface area contributed by atoms with Crippen LogP contribution in [-0.2, 0) is 0 Å². The second-order valence-electron chi connectivity index (χ2n) is 5.83. The summed E-state index contributed by atoms with van der Waals surface area (Å²) in [6, 6.07) is 14.4. The molecule has 2 N–H and O–H groups in total. The van der Waals surface area contributed by atoms with Gasteiger partial charge in [-0.3, -0.25) is 9.89 Å². The van der Waals surface area contributed by atoms with Crippen LogP contribution < -0.4 is 5.32 Å². The third-order valence-corrected chi connectivity index (χ3v) is 5.90. The van der Waals surface area contributed by atoms with Gasteiger partial charge in [-0.05, 0) is 29.7 Å². The second kappa shape index (κ2) is 6.05. The number of aromatic amines is 1. The van der Waals surface area contributed by atoms with E-state index in [1.54, 1.807) is 28.4 Å². The standard InChI is InChI=1S/C19H12N4OS2/c24-19(15-9-25-10-20-15)22-13-5-12-8-21-23-18(12)14(7-13)17-6-11-3-1-2-4-16(11)26-17/h1-10H,(H,21,23)(H,22,24). The van der Waals surface area contributed by atoms with Crippen molar-refractivity contribution in [1.29, 1.82) is 0 Å². The largest absolute Gasteiger partial charge is 0.321 e. The van der Waals surface area contributed by atoms with Crippen LogP contribution in [0.2, 0.25) is 0 Å². The Hall–Kier alpha value is -3.03. The first kappa shape index (κ1) is 15.2. The number of hydrogen-bond acceptors (Lipinski definition) is 5. The Labute approximate surface area is 156 Å². The van der Waals surface area contributed by atoms with E-state index in [1.165, 1.54) is 21.4 Å². The van der Waals surface area contributed by atoms with E-state index < -0.39 is 0 Å². The second-order valence-corrected chi connectivity index (χ2v) is 7.64. The van der Waals surface area contributed by atoms with Gasteiger partial charge in [-0.1, -0.05) is 18.2 Å². The Kier molecular flexibility index (Phi) is 3.55. The monoisotopic (exact) mass is 376 g/mol. The van der Waals surface area contributed by atoms with E-state index >= 15 is 0 Å². The molecule has 0 radical (unpaired) electrons. The molecule has 5 aromatic rings. The topological polar surface area (TPSA) is 70.7 Å². The van der Waals surface area contributed by atoms with E-state index in [1.807, 2.05) is 24.3 Å². The number of nitrogens with zero attached hydrogens (tertiary/aromatic N) is 2. The number of thiazole rings is 1. The van der Waals surface area contributed by atoms with Crippen LogP contribution in [0.15, 0.2) is 59.6 Å². The van der Waals surface area contributed by atoms with Gasteiger partial charge in [0.2, 0.25) is 0 Å². The number of carbonyl (C=O) groups excluding carboxylic acids is 1. The third-order valence-electron chi connectivity index (χ3n) is 4.16. The molecule has 0 saturated carbocycles. The lowest BCUT2D eigenvalue weighted by Gasteiger charge is -2.07. The van der Waals surface area contributed by atoms with Gasteiger partial charge in [0.25, 0.3) is 5.91 Å². The molecule has 0 aliphatic heterocycles. The molecule has 0 aliphatic rings. The fourth-order valence-electron chi connectivity index (χ4n) is 2.96. The predicted molar refractivity (Wildman–Crippen MR) is 107 cm³/mol. The Morgan fingerprint density at radius 3 is 2.88 bits per heavy atom. The van der Waals surface area contributed by atoms with Crippen molar-refractivity contribution in [3.8, 4) is 10.4 Å². The summed E-state index contributed by atoms with van der Waals surface area (Å²) in [5.41, 5.74) is 4.78. The number of rotatable bonds is 3. The highest BCUT2D eigenvalue weighted by Crippen LogP contribution is 2.38. The summed E-state index contributed by atoms with van der Waals surface area (Å²) in [7, 11) is 0. The number of hydrogen-bond donors (Lipinski definition) is 2. The highest BCUT2D eigenvalue weighted by molar-refractivity contribution is 7.22. The van der Waals surface area contributed by atoms with Gasteiger partial charge in [-0.25, -0.2) is 4.98 Å². The Morgan fingerprint density at radius 1 is 1.12 bits per heavy atom. The molecule has 0 spiro atoms. The SMILES string of the molecule is O=C(Nc1cc(-c2cc3ccccc3s2)c2[nH]ncc2c1)c1cscn1. The van der Waals surface area contributed by atoms with Gasteiger partial charge in [0, 0.05) is 31.6 Å². The van der Waals surface area contributed by atoms with Crippen molar-refractivity contribution in [2.24, 2.45) is 0 Å². The van der Waals surface area contributed by atoms with Gasteiger partial charge in [0.15, 0.2) is 0 Å². The number of aromatic nitrogens is 3.